The van der Waals surface area contributed by atoms with Gasteiger partial charge in [0.2, 0.25) is 6.79 Å². The lowest BCUT2D eigenvalue weighted by molar-refractivity contribution is -0.122. The van der Waals surface area contributed by atoms with Gasteiger partial charge in [0, 0.05) is 15.4 Å². The number of aromatic nitrogens is 1. The van der Waals surface area contributed by atoms with E-state index < -0.39 is 6.10 Å². The fraction of sp³-hybridized carbons (Fsp3) is 0.158. The standard InChI is InChI=1S/C19H15BrN2O4S/c1-11(26-14-5-3-13(20)4-6-14)18(23)22-19-21-15(9-27-19)12-2-7-16-17(8-12)25-10-24-16/h2-9,11H,10H2,1H3,(H,21,22,23). The summed E-state index contributed by atoms with van der Waals surface area (Å²) >= 11 is 4.72. The van der Waals surface area contributed by atoms with Crippen molar-refractivity contribution < 1.29 is 19.0 Å². The summed E-state index contributed by atoms with van der Waals surface area (Å²) in [6, 6.07) is 13.0. The second kappa shape index (κ2) is 7.58. The van der Waals surface area contributed by atoms with Crippen LogP contribution >= 0.6 is 27.3 Å². The van der Waals surface area contributed by atoms with Crippen molar-refractivity contribution in [2.45, 2.75) is 13.0 Å². The van der Waals surface area contributed by atoms with Gasteiger partial charge in [-0.3, -0.25) is 10.1 Å². The van der Waals surface area contributed by atoms with Gasteiger partial charge in [0.05, 0.1) is 5.69 Å². The number of nitrogens with zero attached hydrogens (tertiary/aromatic N) is 1. The number of thiazole rings is 1. The van der Waals surface area contributed by atoms with Gasteiger partial charge in [-0.15, -0.1) is 11.3 Å². The zero-order valence-corrected chi connectivity index (χ0v) is 16.7. The van der Waals surface area contributed by atoms with E-state index in [4.69, 9.17) is 14.2 Å². The molecule has 6 nitrogen and oxygen atoms in total. The summed E-state index contributed by atoms with van der Waals surface area (Å²) in [5.74, 6) is 1.79. The van der Waals surface area contributed by atoms with Crippen LogP contribution < -0.4 is 19.5 Å². The summed E-state index contributed by atoms with van der Waals surface area (Å²) in [5.41, 5.74) is 1.66. The van der Waals surface area contributed by atoms with E-state index in [2.05, 4.69) is 26.2 Å². The van der Waals surface area contributed by atoms with Crippen LogP contribution in [-0.2, 0) is 4.79 Å². The van der Waals surface area contributed by atoms with Gasteiger partial charge in [0.15, 0.2) is 22.7 Å². The molecule has 0 bridgehead atoms. The Labute approximate surface area is 168 Å². The summed E-state index contributed by atoms with van der Waals surface area (Å²) in [6.45, 7) is 1.93. The van der Waals surface area contributed by atoms with Crippen molar-refractivity contribution in [1.82, 2.24) is 4.98 Å². The average molecular weight is 447 g/mol. The molecule has 0 saturated carbocycles. The Balaban J connectivity index is 1.41. The number of rotatable bonds is 5. The third-order valence-corrected chi connectivity index (χ3v) is 5.18. The molecule has 1 amide bonds. The Morgan fingerprint density at radius 2 is 2.00 bits per heavy atom. The number of halogens is 1. The predicted molar refractivity (Wildman–Crippen MR) is 107 cm³/mol. The molecule has 1 N–H and O–H groups in total. The van der Waals surface area contributed by atoms with Gasteiger partial charge in [-0.2, -0.15) is 0 Å². The van der Waals surface area contributed by atoms with Crippen LogP contribution in [0, 0.1) is 0 Å². The smallest absolute Gasteiger partial charge is 0.266 e. The van der Waals surface area contributed by atoms with E-state index in [9.17, 15) is 4.79 Å². The molecule has 0 fully saturated rings. The molecule has 1 atom stereocenters. The Morgan fingerprint density at radius 1 is 1.22 bits per heavy atom. The second-order valence-corrected chi connectivity index (χ2v) is 7.58. The van der Waals surface area contributed by atoms with E-state index in [-0.39, 0.29) is 12.7 Å². The molecule has 1 unspecified atom stereocenters. The van der Waals surface area contributed by atoms with Crippen molar-refractivity contribution in [3.05, 3.63) is 52.3 Å². The van der Waals surface area contributed by atoms with Crippen LogP contribution in [0.1, 0.15) is 6.92 Å². The number of ether oxygens (including phenoxy) is 3. The molecule has 0 saturated heterocycles. The molecular weight excluding hydrogens is 432 g/mol. The number of hydrogen-bond donors (Lipinski definition) is 1. The third-order valence-electron chi connectivity index (χ3n) is 3.90. The average Bonchev–Trinajstić information content (AvgIpc) is 3.32. The summed E-state index contributed by atoms with van der Waals surface area (Å²) in [5, 5.41) is 5.19. The van der Waals surface area contributed by atoms with Crippen LogP contribution in [0.4, 0.5) is 5.13 Å². The van der Waals surface area contributed by atoms with E-state index in [0.717, 1.165) is 21.5 Å². The van der Waals surface area contributed by atoms with Crippen LogP contribution in [-0.4, -0.2) is 23.8 Å². The highest BCUT2D eigenvalue weighted by molar-refractivity contribution is 9.10. The summed E-state index contributed by atoms with van der Waals surface area (Å²) < 4.78 is 17.3. The quantitative estimate of drug-likeness (QED) is 0.614. The summed E-state index contributed by atoms with van der Waals surface area (Å²) in [7, 11) is 0. The Kier molecular flexibility index (Phi) is 5.00. The first-order valence-electron chi connectivity index (χ1n) is 8.17. The number of nitrogens with one attached hydrogen (secondary N) is 1. The Morgan fingerprint density at radius 3 is 2.81 bits per heavy atom. The van der Waals surface area contributed by atoms with Gasteiger partial charge >= 0.3 is 0 Å². The maximum absolute atomic E-state index is 12.4. The first-order chi connectivity index (χ1) is 13.1. The van der Waals surface area contributed by atoms with E-state index in [0.29, 0.717) is 16.6 Å². The number of anilines is 1. The number of carbonyl (C=O) groups is 1. The fourth-order valence-electron chi connectivity index (χ4n) is 2.50. The highest BCUT2D eigenvalue weighted by atomic mass is 79.9. The maximum Gasteiger partial charge on any atom is 0.266 e. The normalized spacial score (nSPS) is 13.3. The number of carbonyl (C=O) groups excluding carboxylic acids is 1. The number of amides is 1. The molecule has 0 aliphatic carbocycles. The van der Waals surface area contributed by atoms with E-state index >= 15 is 0 Å². The highest BCUT2D eigenvalue weighted by Gasteiger charge is 2.18. The fourth-order valence-corrected chi connectivity index (χ4v) is 3.48. The number of hydrogen-bond acceptors (Lipinski definition) is 6. The van der Waals surface area contributed by atoms with Crippen molar-refractivity contribution in [1.29, 1.82) is 0 Å². The molecule has 8 heteroatoms. The molecule has 2 aromatic carbocycles. The molecule has 0 spiro atoms. The largest absolute Gasteiger partial charge is 0.481 e. The van der Waals surface area contributed by atoms with Crippen molar-refractivity contribution in [3.8, 4) is 28.5 Å². The molecule has 4 rings (SSSR count). The van der Waals surface area contributed by atoms with Gasteiger partial charge in [-0.05, 0) is 49.4 Å². The minimum atomic E-state index is -0.649. The molecule has 1 aromatic heterocycles. The summed E-state index contributed by atoms with van der Waals surface area (Å²) in [6.07, 6.45) is -0.649. The lowest BCUT2D eigenvalue weighted by atomic mass is 10.1. The van der Waals surface area contributed by atoms with Crippen molar-refractivity contribution in [2.24, 2.45) is 0 Å². The third kappa shape index (κ3) is 4.06. The van der Waals surface area contributed by atoms with Crippen molar-refractivity contribution in [2.75, 3.05) is 12.1 Å². The highest BCUT2D eigenvalue weighted by Crippen LogP contribution is 2.36. The van der Waals surface area contributed by atoms with Crippen LogP contribution in [0.2, 0.25) is 0 Å². The lowest BCUT2D eigenvalue weighted by Crippen LogP contribution is -2.30. The van der Waals surface area contributed by atoms with Gasteiger partial charge in [-0.25, -0.2) is 4.98 Å². The molecule has 1 aliphatic heterocycles. The molecule has 3 aromatic rings. The van der Waals surface area contributed by atoms with Gasteiger partial charge in [0.1, 0.15) is 5.75 Å². The summed E-state index contributed by atoms with van der Waals surface area (Å²) in [4.78, 5) is 16.8. The zero-order valence-electron chi connectivity index (χ0n) is 14.3. The van der Waals surface area contributed by atoms with Gasteiger partial charge < -0.3 is 14.2 Å². The topological polar surface area (TPSA) is 69.7 Å². The Hall–Kier alpha value is -2.58. The van der Waals surface area contributed by atoms with Crippen LogP contribution in [0.5, 0.6) is 17.2 Å². The number of benzene rings is 2. The predicted octanol–water partition coefficient (Wildman–Crippen LogP) is 4.71. The Bertz CT molecular complexity index is 974. The molecule has 138 valence electrons. The molecule has 0 radical (unpaired) electrons. The molecular formula is C19H15BrN2O4S. The minimum Gasteiger partial charge on any atom is -0.481 e. The SMILES string of the molecule is CC(Oc1ccc(Br)cc1)C(=O)Nc1nc(-c2ccc3c(c2)OCO3)cs1. The first-order valence-corrected chi connectivity index (χ1v) is 9.84. The van der Waals surface area contributed by atoms with Gasteiger partial charge in [-0.1, -0.05) is 15.9 Å². The maximum atomic E-state index is 12.4. The monoisotopic (exact) mass is 446 g/mol. The number of fused-ring (bicyclic) bond motifs is 1. The van der Waals surface area contributed by atoms with Crippen LogP contribution in [0.15, 0.2) is 52.3 Å². The van der Waals surface area contributed by atoms with E-state index in [1.165, 1.54) is 11.3 Å². The molecule has 27 heavy (non-hydrogen) atoms. The molecule has 2 heterocycles. The van der Waals surface area contributed by atoms with Gasteiger partial charge in [0.25, 0.3) is 5.91 Å². The lowest BCUT2D eigenvalue weighted by Gasteiger charge is -2.13. The first kappa shape index (κ1) is 17.8. The van der Waals surface area contributed by atoms with Crippen molar-refractivity contribution in [3.63, 3.8) is 0 Å². The van der Waals surface area contributed by atoms with E-state index in [1.807, 2.05) is 35.7 Å². The van der Waals surface area contributed by atoms with Crippen LogP contribution in [0.3, 0.4) is 0 Å². The van der Waals surface area contributed by atoms with Crippen LogP contribution in [0.25, 0.3) is 11.3 Å². The minimum absolute atomic E-state index is 0.230. The van der Waals surface area contributed by atoms with E-state index in [1.54, 1.807) is 19.1 Å². The second-order valence-electron chi connectivity index (χ2n) is 5.81. The van der Waals surface area contributed by atoms with Crippen molar-refractivity contribution >= 4 is 38.3 Å². The molecule has 1 aliphatic rings. The zero-order chi connectivity index (χ0) is 18.8.